The van der Waals surface area contributed by atoms with Gasteiger partial charge in [-0.2, -0.15) is 0 Å². The number of anilines is 1. The van der Waals surface area contributed by atoms with Gasteiger partial charge < -0.3 is 14.8 Å². The van der Waals surface area contributed by atoms with Crippen molar-refractivity contribution in [2.75, 3.05) is 12.4 Å². The van der Waals surface area contributed by atoms with Gasteiger partial charge in [0.05, 0.1) is 13.2 Å². The van der Waals surface area contributed by atoms with E-state index in [9.17, 15) is 9.18 Å². The zero-order valence-corrected chi connectivity index (χ0v) is 15.7. The Kier molecular flexibility index (Phi) is 6.61. The first kappa shape index (κ1) is 19.8. The molecule has 0 bridgehead atoms. The largest absolute Gasteiger partial charge is 0.497 e. The highest BCUT2D eigenvalue weighted by Crippen LogP contribution is 2.26. The average molecular weight is 359 g/mol. The summed E-state index contributed by atoms with van der Waals surface area (Å²) in [4.78, 5) is 12.1. The van der Waals surface area contributed by atoms with E-state index in [1.54, 1.807) is 19.2 Å². The highest BCUT2D eigenvalue weighted by molar-refractivity contribution is 5.70. The Bertz CT molecular complexity index is 706. The number of hydrogen-bond acceptors (Lipinski definition) is 4. The number of methoxy groups -OCH3 is 1. The predicted octanol–water partition coefficient (Wildman–Crippen LogP) is 5.11. The topological polar surface area (TPSA) is 47.6 Å². The Labute approximate surface area is 154 Å². The van der Waals surface area contributed by atoms with Crippen LogP contribution in [0, 0.1) is 5.82 Å². The van der Waals surface area contributed by atoms with Gasteiger partial charge in [-0.25, -0.2) is 4.39 Å². The molecule has 0 spiro atoms. The van der Waals surface area contributed by atoms with Crippen LogP contribution in [0.15, 0.2) is 48.5 Å². The minimum Gasteiger partial charge on any atom is -0.497 e. The smallest absolute Gasteiger partial charge is 0.306 e. The van der Waals surface area contributed by atoms with Crippen molar-refractivity contribution in [2.45, 2.75) is 45.3 Å². The van der Waals surface area contributed by atoms with Crippen molar-refractivity contribution >= 4 is 11.7 Å². The molecule has 2 aromatic carbocycles. The highest BCUT2D eigenvalue weighted by Gasteiger charge is 2.19. The number of nitrogens with one attached hydrogen (secondary N) is 1. The summed E-state index contributed by atoms with van der Waals surface area (Å²) in [5.74, 6) is 0.230. The molecule has 5 heteroatoms. The van der Waals surface area contributed by atoms with Crippen molar-refractivity contribution in [3.63, 3.8) is 0 Å². The second-order valence-electron chi connectivity index (χ2n) is 7.10. The third-order valence-corrected chi connectivity index (χ3v) is 3.76. The molecular weight excluding hydrogens is 333 g/mol. The summed E-state index contributed by atoms with van der Waals surface area (Å²) in [5, 5.41) is 3.40. The molecule has 0 fully saturated rings. The van der Waals surface area contributed by atoms with Gasteiger partial charge in [-0.15, -0.1) is 0 Å². The third-order valence-electron chi connectivity index (χ3n) is 3.76. The van der Waals surface area contributed by atoms with E-state index < -0.39 is 5.60 Å². The predicted molar refractivity (Wildman–Crippen MR) is 101 cm³/mol. The molecule has 1 atom stereocenters. The van der Waals surface area contributed by atoms with Crippen molar-refractivity contribution in [2.24, 2.45) is 0 Å². The Morgan fingerprint density at radius 1 is 1.08 bits per heavy atom. The summed E-state index contributed by atoms with van der Waals surface area (Å²) in [7, 11) is 1.62. The molecule has 0 saturated heterocycles. The zero-order chi connectivity index (χ0) is 19.2. The van der Waals surface area contributed by atoms with Gasteiger partial charge in [0.2, 0.25) is 0 Å². The van der Waals surface area contributed by atoms with Crippen LogP contribution in [-0.2, 0) is 9.53 Å². The number of hydrogen-bond donors (Lipinski definition) is 1. The number of rotatable bonds is 7. The van der Waals surface area contributed by atoms with E-state index in [4.69, 9.17) is 9.47 Å². The number of benzene rings is 2. The van der Waals surface area contributed by atoms with Crippen LogP contribution in [0.2, 0.25) is 0 Å². The molecule has 1 unspecified atom stereocenters. The quantitative estimate of drug-likeness (QED) is 0.698. The summed E-state index contributed by atoms with van der Waals surface area (Å²) < 4.78 is 23.8. The van der Waals surface area contributed by atoms with Gasteiger partial charge in [-0.1, -0.05) is 12.1 Å². The van der Waals surface area contributed by atoms with Gasteiger partial charge in [0.1, 0.15) is 17.2 Å². The van der Waals surface area contributed by atoms with Crippen LogP contribution in [0.25, 0.3) is 0 Å². The normalized spacial score (nSPS) is 12.3. The van der Waals surface area contributed by atoms with Crippen molar-refractivity contribution < 1.29 is 18.7 Å². The van der Waals surface area contributed by atoms with E-state index in [2.05, 4.69) is 5.32 Å². The van der Waals surface area contributed by atoms with Gasteiger partial charge in [0, 0.05) is 12.1 Å². The standard InChI is InChI=1S/C21H26FNO3/c1-21(2,3)26-20(24)14-13-19(15-5-7-16(22)8-6-15)23-17-9-11-18(25-4)12-10-17/h5-12,19,23H,13-14H2,1-4H3. The van der Waals surface area contributed by atoms with Crippen LogP contribution < -0.4 is 10.1 Å². The van der Waals surface area contributed by atoms with Gasteiger partial charge >= 0.3 is 5.97 Å². The first-order valence-electron chi connectivity index (χ1n) is 8.65. The molecule has 4 nitrogen and oxygen atoms in total. The van der Waals surface area contributed by atoms with E-state index in [1.165, 1.54) is 12.1 Å². The maximum absolute atomic E-state index is 13.3. The summed E-state index contributed by atoms with van der Waals surface area (Å²) >= 11 is 0. The van der Waals surface area contributed by atoms with E-state index in [0.29, 0.717) is 6.42 Å². The summed E-state index contributed by atoms with van der Waals surface area (Å²) in [6.45, 7) is 5.54. The molecule has 26 heavy (non-hydrogen) atoms. The molecular formula is C21H26FNO3. The lowest BCUT2D eigenvalue weighted by Crippen LogP contribution is -2.24. The molecule has 0 aliphatic rings. The van der Waals surface area contributed by atoms with E-state index in [1.807, 2.05) is 45.0 Å². The molecule has 0 heterocycles. The summed E-state index contributed by atoms with van der Waals surface area (Å²) in [6, 6.07) is 13.7. The second kappa shape index (κ2) is 8.70. The first-order valence-corrected chi connectivity index (χ1v) is 8.65. The van der Waals surface area contributed by atoms with Crippen molar-refractivity contribution in [3.8, 4) is 5.75 Å². The maximum atomic E-state index is 13.3. The lowest BCUT2D eigenvalue weighted by atomic mass is 10.0. The Morgan fingerprint density at radius 2 is 1.69 bits per heavy atom. The van der Waals surface area contributed by atoms with Gasteiger partial charge in [-0.05, 0) is 69.2 Å². The van der Waals surface area contributed by atoms with E-state index in [-0.39, 0.29) is 24.2 Å². The van der Waals surface area contributed by atoms with E-state index in [0.717, 1.165) is 17.0 Å². The zero-order valence-electron chi connectivity index (χ0n) is 15.7. The molecule has 0 radical (unpaired) electrons. The maximum Gasteiger partial charge on any atom is 0.306 e. The molecule has 2 rings (SSSR count). The van der Waals surface area contributed by atoms with Gasteiger partial charge in [-0.3, -0.25) is 4.79 Å². The number of ether oxygens (including phenoxy) is 2. The number of halogens is 1. The Balaban J connectivity index is 2.10. The van der Waals surface area contributed by atoms with E-state index >= 15 is 0 Å². The molecule has 0 amide bonds. The SMILES string of the molecule is COc1ccc(NC(CCC(=O)OC(C)(C)C)c2ccc(F)cc2)cc1. The minimum atomic E-state index is -0.508. The fraction of sp³-hybridized carbons (Fsp3) is 0.381. The van der Waals surface area contributed by atoms with Crippen LogP contribution in [0.3, 0.4) is 0 Å². The average Bonchev–Trinajstić information content (AvgIpc) is 2.58. The molecule has 0 aliphatic heterocycles. The molecule has 140 valence electrons. The third kappa shape index (κ3) is 6.39. The molecule has 0 saturated carbocycles. The number of esters is 1. The minimum absolute atomic E-state index is 0.142. The van der Waals surface area contributed by atoms with Crippen LogP contribution in [0.4, 0.5) is 10.1 Å². The van der Waals surface area contributed by atoms with Crippen molar-refractivity contribution in [1.29, 1.82) is 0 Å². The summed E-state index contributed by atoms with van der Waals surface area (Å²) in [5.41, 5.74) is 1.29. The molecule has 2 aromatic rings. The fourth-order valence-corrected chi connectivity index (χ4v) is 2.56. The van der Waals surface area contributed by atoms with Gasteiger partial charge in [0.15, 0.2) is 0 Å². The summed E-state index contributed by atoms with van der Waals surface area (Å²) in [6.07, 6.45) is 0.801. The number of carbonyl (C=O) groups excluding carboxylic acids is 1. The molecule has 0 aliphatic carbocycles. The monoisotopic (exact) mass is 359 g/mol. The van der Waals surface area contributed by atoms with Crippen LogP contribution >= 0.6 is 0 Å². The Morgan fingerprint density at radius 3 is 2.23 bits per heavy atom. The van der Waals surface area contributed by atoms with Crippen LogP contribution in [0.5, 0.6) is 5.75 Å². The highest BCUT2D eigenvalue weighted by atomic mass is 19.1. The van der Waals surface area contributed by atoms with Crippen molar-refractivity contribution in [3.05, 3.63) is 59.9 Å². The van der Waals surface area contributed by atoms with Crippen molar-refractivity contribution in [1.82, 2.24) is 0 Å². The van der Waals surface area contributed by atoms with Gasteiger partial charge in [0.25, 0.3) is 0 Å². The Hall–Kier alpha value is -2.56. The van der Waals surface area contributed by atoms with Crippen LogP contribution in [-0.4, -0.2) is 18.7 Å². The molecule has 1 N–H and O–H groups in total. The lowest BCUT2D eigenvalue weighted by molar-refractivity contribution is -0.154. The second-order valence-corrected chi connectivity index (χ2v) is 7.10. The molecule has 0 aromatic heterocycles. The van der Waals surface area contributed by atoms with Crippen LogP contribution in [0.1, 0.15) is 45.2 Å². The first-order chi connectivity index (χ1) is 12.3. The number of carbonyl (C=O) groups is 1. The lowest BCUT2D eigenvalue weighted by Gasteiger charge is -2.23. The fourth-order valence-electron chi connectivity index (χ4n) is 2.56.